The molecule has 1 amide bonds. The summed E-state index contributed by atoms with van der Waals surface area (Å²) in [6.07, 6.45) is 7.06. The highest BCUT2D eigenvalue weighted by Gasteiger charge is 2.14. The Bertz CT molecular complexity index is 636. The second-order valence-corrected chi connectivity index (χ2v) is 4.84. The summed E-state index contributed by atoms with van der Waals surface area (Å²) >= 11 is 0. The quantitative estimate of drug-likeness (QED) is 0.882. The van der Waals surface area contributed by atoms with Crippen molar-refractivity contribution in [3.63, 3.8) is 0 Å². The third-order valence-corrected chi connectivity index (χ3v) is 3.40. The predicted molar refractivity (Wildman–Crippen MR) is 80.1 cm³/mol. The number of nitrogens with two attached hydrogens (primary N) is 1. The van der Waals surface area contributed by atoms with Crippen LogP contribution >= 0.6 is 0 Å². The van der Waals surface area contributed by atoms with Gasteiger partial charge in [0.05, 0.1) is 11.9 Å². The Kier molecular flexibility index (Phi) is 3.63. The predicted octanol–water partition coefficient (Wildman–Crippen LogP) is 1.31. The van der Waals surface area contributed by atoms with E-state index in [4.69, 9.17) is 5.73 Å². The number of anilines is 3. The van der Waals surface area contributed by atoms with E-state index in [9.17, 15) is 4.79 Å². The Morgan fingerprint density at radius 3 is 2.57 bits per heavy atom. The van der Waals surface area contributed by atoms with Crippen LogP contribution in [0.3, 0.4) is 0 Å². The molecule has 0 aliphatic carbocycles. The highest BCUT2D eigenvalue weighted by molar-refractivity contribution is 6.05. The van der Waals surface area contributed by atoms with Crippen molar-refractivity contribution in [1.29, 1.82) is 0 Å². The molecule has 1 aliphatic rings. The molecule has 0 saturated carbocycles. The molecule has 108 valence electrons. The van der Waals surface area contributed by atoms with Gasteiger partial charge in [0.25, 0.3) is 5.91 Å². The third kappa shape index (κ3) is 2.91. The highest BCUT2D eigenvalue weighted by Crippen LogP contribution is 2.20. The molecule has 1 aliphatic heterocycles. The Hall–Kier alpha value is -2.70. The van der Waals surface area contributed by atoms with Crippen LogP contribution in [-0.4, -0.2) is 33.9 Å². The lowest BCUT2D eigenvalue weighted by molar-refractivity contribution is 0.102. The van der Waals surface area contributed by atoms with Crippen molar-refractivity contribution >= 4 is 23.2 Å². The molecule has 1 saturated heterocycles. The van der Waals surface area contributed by atoms with E-state index in [1.807, 2.05) is 6.07 Å². The molecule has 1 fully saturated rings. The molecule has 3 N–H and O–H groups in total. The number of carbonyl (C=O) groups is 1. The molecule has 0 atom stereocenters. The van der Waals surface area contributed by atoms with Crippen LogP contribution in [0.25, 0.3) is 0 Å². The van der Waals surface area contributed by atoms with Gasteiger partial charge >= 0.3 is 0 Å². The van der Waals surface area contributed by atoms with E-state index < -0.39 is 5.91 Å². The average molecular weight is 284 g/mol. The number of rotatable bonds is 3. The van der Waals surface area contributed by atoms with Gasteiger partial charge in [-0.3, -0.25) is 4.79 Å². The molecule has 0 bridgehead atoms. The van der Waals surface area contributed by atoms with Crippen molar-refractivity contribution in [2.24, 2.45) is 0 Å². The van der Waals surface area contributed by atoms with E-state index >= 15 is 0 Å². The first-order valence-corrected chi connectivity index (χ1v) is 6.83. The molecule has 0 aromatic carbocycles. The van der Waals surface area contributed by atoms with Gasteiger partial charge in [-0.15, -0.1) is 0 Å². The first-order chi connectivity index (χ1) is 10.2. The van der Waals surface area contributed by atoms with Crippen LogP contribution in [0.4, 0.5) is 17.3 Å². The number of amides is 1. The minimum Gasteiger partial charge on any atom is -0.382 e. The molecule has 0 radical (unpaired) electrons. The van der Waals surface area contributed by atoms with Crippen LogP contribution in [0.15, 0.2) is 30.7 Å². The molecule has 7 heteroatoms. The summed E-state index contributed by atoms with van der Waals surface area (Å²) in [4.78, 5) is 26.3. The summed E-state index contributed by atoms with van der Waals surface area (Å²) in [5, 5.41) is 2.67. The summed E-state index contributed by atoms with van der Waals surface area (Å²) in [6, 6.07) is 3.73. The molecule has 0 unspecified atom stereocenters. The van der Waals surface area contributed by atoms with E-state index in [0.29, 0.717) is 5.82 Å². The lowest BCUT2D eigenvalue weighted by Crippen LogP contribution is -2.19. The van der Waals surface area contributed by atoms with Crippen LogP contribution < -0.4 is 16.0 Å². The van der Waals surface area contributed by atoms with Crippen molar-refractivity contribution in [2.75, 3.05) is 29.0 Å². The summed E-state index contributed by atoms with van der Waals surface area (Å²) in [7, 11) is 0. The average Bonchev–Trinajstić information content (AvgIpc) is 3.02. The minimum absolute atomic E-state index is 0.0999. The maximum atomic E-state index is 12.0. The normalized spacial score (nSPS) is 14.2. The number of carbonyl (C=O) groups excluding carboxylic acids is 1. The Morgan fingerprint density at radius 2 is 1.90 bits per heavy atom. The molecule has 3 rings (SSSR count). The molecule has 7 nitrogen and oxygen atoms in total. The van der Waals surface area contributed by atoms with Crippen LogP contribution in [-0.2, 0) is 0 Å². The second kappa shape index (κ2) is 5.74. The van der Waals surface area contributed by atoms with Gasteiger partial charge < -0.3 is 16.0 Å². The van der Waals surface area contributed by atoms with Gasteiger partial charge in [0, 0.05) is 25.5 Å². The first-order valence-electron chi connectivity index (χ1n) is 6.83. The largest absolute Gasteiger partial charge is 0.382 e. The first kappa shape index (κ1) is 13.3. The van der Waals surface area contributed by atoms with E-state index in [2.05, 4.69) is 25.2 Å². The fourth-order valence-electron chi connectivity index (χ4n) is 2.32. The zero-order valence-electron chi connectivity index (χ0n) is 11.5. The fourth-order valence-corrected chi connectivity index (χ4v) is 2.32. The number of aromatic nitrogens is 3. The number of hydrogen-bond donors (Lipinski definition) is 2. The molecular formula is C14H16N6O. The zero-order chi connectivity index (χ0) is 14.7. The number of nitrogen functional groups attached to an aromatic ring is 1. The van der Waals surface area contributed by atoms with Crippen LogP contribution in [0.5, 0.6) is 0 Å². The van der Waals surface area contributed by atoms with Gasteiger partial charge in [0.1, 0.15) is 5.82 Å². The van der Waals surface area contributed by atoms with Crippen LogP contribution in [0.2, 0.25) is 0 Å². The fraction of sp³-hybridized carbons (Fsp3) is 0.286. The Balaban J connectivity index is 1.70. The van der Waals surface area contributed by atoms with Crippen LogP contribution in [0.1, 0.15) is 23.3 Å². The number of pyridine rings is 1. The van der Waals surface area contributed by atoms with Gasteiger partial charge in [-0.2, -0.15) is 0 Å². The molecule has 2 aromatic rings. The van der Waals surface area contributed by atoms with Crippen molar-refractivity contribution in [2.45, 2.75) is 12.8 Å². The van der Waals surface area contributed by atoms with Crippen molar-refractivity contribution in [1.82, 2.24) is 15.0 Å². The Labute approximate surface area is 122 Å². The van der Waals surface area contributed by atoms with Gasteiger partial charge in [-0.25, -0.2) is 15.0 Å². The van der Waals surface area contributed by atoms with Crippen molar-refractivity contribution < 1.29 is 4.79 Å². The number of nitrogens with one attached hydrogen (secondary N) is 1. The molecule has 3 heterocycles. The van der Waals surface area contributed by atoms with Crippen molar-refractivity contribution in [3.8, 4) is 0 Å². The summed E-state index contributed by atoms with van der Waals surface area (Å²) < 4.78 is 0. The molecule has 2 aromatic heterocycles. The van der Waals surface area contributed by atoms with Gasteiger partial charge in [0.2, 0.25) is 0 Å². The number of nitrogens with zero attached hydrogens (tertiary/aromatic N) is 4. The van der Waals surface area contributed by atoms with Gasteiger partial charge in [-0.1, -0.05) is 0 Å². The highest BCUT2D eigenvalue weighted by atomic mass is 16.2. The van der Waals surface area contributed by atoms with E-state index in [-0.39, 0.29) is 11.5 Å². The Morgan fingerprint density at radius 1 is 1.14 bits per heavy atom. The van der Waals surface area contributed by atoms with E-state index in [0.717, 1.165) is 18.8 Å². The molecule has 0 spiro atoms. The summed E-state index contributed by atoms with van der Waals surface area (Å²) in [5.41, 5.74) is 6.79. The zero-order valence-corrected chi connectivity index (χ0v) is 11.5. The van der Waals surface area contributed by atoms with E-state index in [1.165, 1.54) is 25.2 Å². The monoisotopic (exact) mass is 284 g/mol. The van der Waals surface area contributed by atoms with Gasteiger partial charge in [-0.05, 0) is 25.0 Å². The third-order valence-electron chi connectivity index (χ3n) is 3.40. The van der Waals surface area contributed by atoms with Gasteiger partial charge in [0.15, 0.2) is 11.5 Å². The lowest BCUT2D eigenvalue weighted by Gasteiger charge is -2.17. The smallest absolute Gasteiger partial charge is 0.279 e. The summed E-state index contributed by atoms with van der Waals surface area (Å²) in [5.74, 6) is 0.152. The maximum absolute atomic E-state index is 12.0. The maximum Gasteiger partial charge on any atom is 0.279 e. The molecular weight excluding hydrogens is 268 g/mol. The SMILES string of the molecule is Nc1nccnc1C(=O)Nc1ccc(N2CCCC2)cn1. The number of hydrogen-bond acceptors (Lipinski definition) is 6. The summed E-state index contributed by atoms with van der Waals surface area (Å²) in [6.45, 7) is 2.12. The topological polar surface area (TPSA) is 97.0 Å². The van der Waals surface area contributed by atoms with Crippen molar-refractivity contribution in [3.05, 3.63) is 36.4 Å². The standard InChI is InChI=1S/C14H16N6O/c15-13-12(16-5-6-17-13)14(21)19-11-4-3-10(9-18-11)20-7-1-2-8-20/h3-6,9H,1-2,7-8H2,(H2,15,17)(H,18,19,21). The minimum atomic E-state index is -0.415. The van der Waals surface area contributed by atoms with Crippen LogP contribution in [0, 0.1) is 0 Å². The second-order valence-electron chi connectivity index (χ2n) is 4.84. The lowest BCUT2D eigenvalue weighted by atomic mass is 10.3. The van der Waals surface area contributed by atoms with E-state index in [1.54, 1.807) is 12.3 Å². The molecule has 21 heavy (non-hydrogen) atoms.